The number of nitrogens with zero attached hydrogens (tertiary/aromatic N) is 2. The molecule has 3 unspecified atom stereocenters. The van der Waals surface area contributed by atoms with Gasteiger partial charge in [0, 0.05) is 6.04 Å². The van der Waals surface area contributed by atoms with Crippen molar-refractivity contribution in [3.05, 3.63) is 22.2 Å². The molecule has 1 aliphatic carbocycles. The molecular formula is C12H18N4O2. The number of nitrogen functional groups attached to an aromatic ring is 1. The molecule has 98 valence electrons. The molecule has 1 fully saturated rings. The molecule has 1 saturated carbocycles. The zero-order valence-electron chi connectivity index (χ0n) is 10.6. The van der Waals surface area contributed by atoms with Crippen molar-refractivity contribution in [2.24, 2.45) is 11.8 Å². The lowest BCUT2D eigenvalue weighted by atomic mass is 9.98. The number of pyridine rings is 1. The van der Waals surface area contributed by atoms with Crippen LogP contribution in [0.1, 0.15) is 26.7 Å². The molecule has 0 aromatic carbocycles. The number of nitrogens with one attached hydrogen (secondary N) is 1. The molecule has 1 heterocycles. The van der Waals surface area contributed by atoms with E-state index in [2.05, 4.69) is 24.1 Å². The first-order valence-corrected chi connectivity index (χ1v) is 6.16. The van der Waals surface area contributed by atoms with E-state index in [0.717, 1.165) is 6.42 Å². The maximum Gasteiger partial charge on any atom is 0.276 e. The van der Waals surface area contributed by atoms with Crippen LogP contribution in [0.5, 0.6) is 0 Å². The fourth-order valence-electron chi connectivity index (χ4n) is 2.47. The summed E-state index contributed by atoms with van der Waals surface area (Å²) in [6.45, 7) is 4.41. The van der Waals surface area contributed by atoms with Gasteiger partial charge in [0.1, 0.15) is 11.6 Å². The van der Waals surface area contributed by atoms with Crippen molar-refractivity contribution < 1.29 is 4.92 Å². The molecule has 0 bridgehead atoms. The fourth-order valence-corrected chi connectivity index (χ4v) is 2.47. The highest BCUT2D eigenvalue weighted by Gasteiger charge is 2.30. The predicted molar refractivity (Wildman–Crippen MR) is 70.3 cm³/mol. The second kappa shape index (κ2) is 4.80. The molecular weight excluding hydrogens is 232 g/mol. The Labute approximate surface area is 106 Å². The van der Waals surface area contributed by atoms with Crippen LogP contribution < -0.4 is 11.1 Å². The van der Waals surface area contributed by atoms with Crippen LogP contribution >= 0.6 is 0 Å². The van der Waals surface area contributed by atoms with Crippen LogP contribution in [0.25, 0.3) is 0 Å². The summed E-state index contributed by atoms with van der Waals surface area (Å²) in [4.78, 5) is 14.4. The third kappa shape index (κ3) is 2.52. The Morgan fingerprint density at radius 3 is 2.72 bits per heavy atom. The minimum atomic E-state index is -0.454. The van der Waals surface area contributed by atoms with Crippen molar-refractivity contribution in [2.45, 2.75) is 32.7 Å². The van der Waals surface area contributed by atoms with Gasteiger partial charge in [0.15, 0.2) is 0 Å². The number of nitro groups is 1. The van der Waals surface area contributed by atoms with E-state index in [1.807, 2.05) is 0 Å². The number of anilines is 2. The van der Waals surface area contributed by atoms with Crippen LogP contribution in [0.3, 0.4) is 0 Å². The third-order valence-corrected chi connectivity index (χ3v) is 3.84. The maximum atomic E-state index is 10.8. The zero-order chi connectivity index (χ0) is 13.3. The Hall–Kier alpha value is -1.85. The van der Waals surface area contributed by atoms with Crippen molar-refractivity contribution in [2.75, 3.05) is 11.1 Å². The minimum absolute atomic E-state index is 0.0244. The average Bonchev–Trinajstić information content (AvgIpc) is 2.60. The molecule has 18 heavy (non-hydrogen) atoms. The molecule has 6 heteroatoms. The van der Waals surface area contributed by atoms with Crippen molar-refractivity contribution >= 4 is 17.3 Å². The highest BCUT2D eigenvalue weighted by Crippen LogP contribution is 2.33. The largest absolute Gasteiger partial charge is 0.383 e. The zero-order valence-corrected chi connectivity index (χ0v) is 10.6. The van der Waals surface area contributed by atoms with Crippen LogP contribution in [0.15, 0.2) is 12.1 Å². The predicted octanol–water partition coefficient (Wildman–Crippen LogP) is 2.42. The molecule has 6 nitrogen and oxygen atoms in total. The molecule has 3 N–H and O–H groups in total. The molecule has 2 rings (SSSR count). The van der Waals surface area contributed by atoms with Gasteiger partial charge in [-0.25, -0.2) is 4.98 Å². The normalized spacial score (nSPS) is 27.1. The van der Waals surface area contributed by atoms with Gasteiger partial charge in [-0.3, -0.25) is 10.1 Å². The topological polar surface area (TPSA) is 94.1 Å². The quantitative estimate of drug-likeness (QED) is 0.634. The second-order valence-electron chi connectivity index (χ2n) is 5.06. The molecule has 1 aromatic rings. The summed E-state index contributed by atoms with van der Waals surface area (Å²) in [5, 5.41) is 14.0. The molecule has 0 aliphatic heterocycles. The molecule has 0 saturated heterocycles. The first kappa shape index (κ1) is 12.6. The second-order valence-corrected chi connectivity index (χ2v) is 5.06. The van der Waals surface area contributed by atoms with E-state index < -0.39 is 4.92 Å². The first-order chi connectivity index (χ1) is 8.47. The third-order valence-electron chi connectivity index (χ3n) is 3.84. The lowest BCUT2D eigenvalue weighted by molar-refractivity contribution is -0.384. The van der Waals surface area contributed by atoms with Gasteiger partial charge in [0.25, 0.3) is 5.69 Å². The lowest BCUT2D eigenvalue weighted by Gasteiger charge is -2.20. The summed E-state index contributed by atoms with van der Waals surface area (Å²) in [6.07, 6.45) is 2.23. The Morgan fingerprint density at radius 2 is 2.17 bits per heavy atom. The van der Waals surface area contributed by atoms with Crippen LogP contribution in [0.4, 0.5) is 17.3 Å². The SMILES string of the molecule is CC1CCC(Nc2cc([N+](=O)[O-])cc(N)n2)C1C. The summed E-state index contributed by atoms with van der Waals surface area (Å²) in [5.74, 6) is 1.86. The Balaban J connectivity index is 2.16. The Bertz CT molecular complexity index is 463. The molecule has 0 radical (unpaired) electrons. The number of nitrogens with two attached hydrogens (primary N) is 1. The van der Waals surface area contributed by atoms with Gasteiger partial charge in [-0.05, 0) is 24.7 Å². The van der Waals surface area contributed by atoms with Gasteiger partial charge in [0.2, 0.25) is 0 Å². The van der Waals surface area contributed by atoms with Crippen molar-refractivity contribution in [1.82, 2.24) is 4.98 Å². The monoisotopic (exact) mass is 250 g/mol. The Kier molecular flexibility index (Phi) is 3.36. The molecule has 3 atom stereocenters. The van der Waals surface area contributed by atoms with Gasteiger partial charge in [0.05, 0.1) is 17.1 Å². The van der Waals surface area contributed by atoms with Gasteiger partial charge < -0.3 is 11.1 Å². The van der Waals surface area contributed by atoms with Crippen LogP contribution in [-0.2, 0) is 0 Å². The van der Waals surface area contributed by atoms with Crippen molar-refractivity contribution in [1.29, 1.82) is 0 Å². The lowest BCUT2D eigenvalue weighted by Crippen LogP contribution is -2.24. The summed E-state index contributed by atoms with van der Waals surface area (Å²) >= 11 is 0. The molecule has 1 aromatic heterocycles. The number of rotatable bonds is 3. The van der Waals surface area contributed by atoms with E-state index in [-0.39, 0.29) is 11.5 Å². The van der Waals surface area contributed by atoms with E-state index in [1.165, 1.54) is 18.6 Å². The Morgan fingerprint density at radius 1 is 1.44 bits per heavy atom. The summed E-state index contributed by atoms with van der Waals surface area (Å²) in [6, 6.07) is 3.02. The molecule has 0 amide bonds. The fraction of sp³-hybridized carbons (Fsp3) is 0.583. The highest BCUT2D eigenvalue weighted by atomic mass is 16.6. The molecule has 0 spiro atoms. The van der Waals surface area contributed by atoms with Crippen molar-refractivity contribution in [3.8, 4) is 0 Å². The first-order valence-electron chi connectivity index (χ1n) is 6.16. The number of hydrogen-bond acceptors (Lipinski definition) is 5. The van der Waals surface area contributed by atoms with E-state index >= 15 is 0 Å². The number of aromatic nitrogens is 1. The van der Waals surface area contributed by atoms with Gasteiger partial charge in [-0.1, -0.05) is 13.8 Å². The van der Waals surface area contributed by atoms with E-state index in [1.54, 1.807) is 0 Å². The van der Waals surface area contributed by atoms with Crippen LogP contribution in [0, 0.1) is 22.0 Å². The smallest absolute Gasteiger partial charge is 0.276 e. The highest BCUT2D eigenvalue weighted by molar-refractivity contribution is 5.53. The maximum absolute atomic E-state index is 10.8. The van der Waals surface area contributed by atoms with E-state index in [0.29, 0.717) is 23.7 Å². The average molecular weight is 250 g/mol. The standard InChI is InChI=1S/C12H18N4O2/c1-7-3-4-10(8(7)2)14-12-6-9(16(17)18)5-11(13)15-12/h5-8,10H,3-4H2,1-2H3,(H3,13,14,15). The number of hydrogen-bond donors (Lipinski definition) is 2. The van der Waals surface area contributed by atoms with Crippen molar-refractivity contribution in [3.63, 3.8) is 0 Å². The van der Waals surface area contributed by atoms with Gasteiger partial charge in [-0.15, -0.1) is 0 Å². The van der Waals surface area contributed by atoms with E-state index in [9.17, 15) is 10.1 Å². The van der Waals surface area contributed by atoms with Gasteiger partial charge >= 0.3 is 0 Å². The summed E-state index contributed by atoms with van der Waals surface area (Å²) < 4.78 is 0. The molecule has 1 aliphatic rings. The summed E-state index contributed by atoms with van der Waals surface area (Å²) in [5.41, 5.74) is 5.55. The summed E-state index contributed by atoms with van der Waals surface area (Å²) in [7, 11) is 0. The van der Waals surface area contributed by atoms with Gasteiger partial charge in [-0.2, -0.15) is 0 Å². The van der Waals surface area contributed by atoms with Crippen LogP contribution in [0.2, 0.25) is 0 Å². The van der Waals surface area contributed by atoms with E-state index in [4.69, 9.17) is 5.73 Å². The van der Waals surface area contributed by atoms with Crippen LogP contribution in [-0.4, -0.2) is 15.9 Å². The minimum Gasteiger partial charge on any atom is -0.383 e.